The van der Waals surface area contributed by atoms with Crippen LogP contribution in [0.2, 0.25) is 0 Å². The van der Waals surface area contributed by atoms with Crippen LogP contribution in [-0.4, -0.2) is 24.4 Å². The van der Waals surface area contributed by atoms with Gasteiger partial charge in [-0.3, -0.25) is 5.10 Å². The molecule has 0 aliphatic carbocycles. The highest BCUT2D eigenvalue weighted by Crippen LogP contribution is 2.23. The first-order valence-corrected chi connectivity index (χ1v) is 5.73. The fourth-order valence-corrected chi connectivity index (χ4v) is 1.74. The lowest BCUT2D eigenvalue weighted by molar-refractivity contribution is 0.397. The van der Waals surface area contributed by atoms with Crippen LogP contribution in [0.25, 0.3) is 0 Å². The molecular weight excluding hydrogens is 230 g/mol. The maximum absolute atomic E-state index is 5.32. The molecule has 1 aromatic carbocycles. The number of H-pyrrole nitrogens is 1. The third kappa shape index (κ3) is 3.01. The Hall–Kier alpha value is -2.01. The number of rotatable bonds is 6. The molecule has 1 heterocycles. The van der Waals surface area contributed by atoms with Crippen LogP contribution < -0.4 is 14.8 Å². The van der Waals surface area contributed by atoms with E-state index in [0.717, 1.165) is 29.3 Å². The monoisotopic (exact) mass is 247 g/mol. The van der Waals surface area contributed by atoms with Crippen molar-refractivity contribution in [3.63, 3.8) is 0 Å². The van der Waals surface area contributed by atoms with E-state index in [9.17, 15) is 0 Å². The van der Waals surface area contributed by atoms with Crippen molar-refractivity contribution in [3.05, 3.63) is 41.7 Å². The highest BCUT2D eigenvalue weighted by molar-refractivity contribution is 5.40. The number of aromatic amines is 1. The lowest BCUT2D eigenvalue weighted by Crippen LogP contribution is -2.13. The SMILES string of the molecule is COc1ccc(OC)c(CNCc2ccn[nH]2)c1. The van der Waals surface area contributed by atoms with Crippen molar-refractivity contribution in [2.75, 3.05) is 14.2 Å². The molecule has 0 saturated heterocycles. The van der Waals surface area contributed by atoms with Crippen LogP contribution in [-0.2, 0) is 13.1 Å². The maximum atomic E-state index is 5.32. The standard InChI is InChI=1S/C13H17N3O2/c1-17-12-3-4-13(18-2)10(7-12)8-14-9-11-5-6-15-16-11/h3-7,14H,8-9H2,1-2H3,(H,15,16). The van der Waals surface area contributed by atoms with Crippen LogP contribution in [0.3, 0.4) is 0 Å². The van der Waals surface area contributed by atoms with E-state index in [1.165, 1.54) is 0 Å². The van der Waals surface area contributed by atoms with Gasteiger partial charge in [-0.25, -0.2) is 0 Å². The third-order valence-corrected chi connectivity index (χ3v) is 2.68. The van der Waals surface area contributed by atoms with Crippen molar-refractivity contribution in [1.82, 2.24) is 15.5 Å². The molecule has 2 N–H and O–H groups in total. The first-order valence-electron chi connectivity index (χ1n) is 5.73. The van der Waals surface area contributed by atoms with Gasteiger partial charge in [0.05, 0.1) is 14.2 Å². The summed E-state index contributed by atoms with van der Waals surface area (Å²) >= 11 is 0. The largest absolute Gasteiger partial charge is 0.497 e. The molecule has 0 atom stereocenters. The number of methoxy groups -OCH3 is 2. The molecule has 2 aromatic rings. The Kier molecular flexibility index (Phi) is 4.20. The van der Waals surface area contributed by atoms with Crippen LogP contribution in [0.15, 0.2) is 30.5 Å². The van der Waals surface area contributed by atoms with Gasteiger partial charge in [0.25, 0.3) is 0 Å². The maximum Gasteiger partial charge on any atom is 0.123 e. The van der Waals surface area contributed by atoms with Crippen molar-refractivity contribution < 1.29 is 9.47 Å². The Morgan fingerprint density at radius 2 is 2.06 bits per heavy atom. The number of nitrogens with one attached hydrogen (secondary N) is 2. The highest BCUT2D eigenvalue weighted by atomic mass is 16.5. The molecule has 2 rings (SSSR count). The summed E-state index contributed by atoms with van der Waals surface area (Å²) in [6.07, 6.45) is 1.74. The van der Waals surface area contributed by atoms with E-state index in [1.54, 1.807) is 20.4 Å². The minimum Gasteiger partial charge on any atom is -0.497 e. The molecule has 0 saturated carbocycles. The summed E-state index contributed by atoms with van der Waals surface area (Å²) in [6.45, 7) is 1.44. The first-order chi connectivity index (χ1) is 8.83. The zero-order chi connectivity index (χ0) is 12.8. The molecule has 0 radical (unpaired) electrons. The summed E-state index contributed by atoms with van der Waals surface area (Å²) in [7, 11) is 3.32. The van der Waals surface area contributed by atoms with Crippen molar-refractivity contribution in [2.24, 2.45) is 0 Å². The fourth-order valence-electron chi connectivity index (χ4n) is 1.74. The van der Waals surface area contributed by atoms with E-state index in [1.807, 2.05) is 24.3 Å². The fraction of sp³-hybridized carbons (Fsp3) is 0.308. The molecule has 5 heteroatoms. The van der Waals surface area contributed by atoms with Gasteiger partial charge in [-0.1, -0.05) is 0 Å². The van der Waals surface area contributed by atoms with E-state index < -0.39 is 0 Å². The molecule has 0 aliphatic heterocycles. The number of hydrogen-bond acceptors (Lipinski definition) is 4. The van der Waals surface area contributed by atoms with Gasteiger partial charge in [0.15, 0.2) is 0 Å². The Morgan fingerprint density at radius 1 is 1.17 bits per heavy atom. The van der Waals surface area contributed by atoms with Gasteiger partial charge in [-0.05, 0) is 24.3 Å². The number of ether oxygens (including phenoxy) is 2. The summed E-state index contributed by atoms with van der Waals surface area (Å²) in [6, 6.07) is 7.71. The van der Waals surface area contributed by atoms with Crippen LogP contribution in [0.1, 0.15) is 11.3 Å². The van der Waals surface area contributed by atoms with Gasteiger partial charge in [0.2, 0.25) is 0 Å². The Morgan fingerprint density at radius 3 is 2.72 bits per heavy atom. The van der Waals surface area contributed by atoms with Gasteiger partial charge < -0.3 is 14.8 Å². The van der Waals surface area contributed by atoms with E-state index in [-0.39, 0.29) is 0 Å². The zero-order valence-electron chi connectivity index (χ0n) is 10.6. The molecule has 0 fully saturated rings. The molecule has 0 bridgehead atoms. The molecule has 0 spiro atoms. The minimum atomic E-state index is 0.708. The molecule has 0 unspecified atom stereocenters. The second kappa shape index (κ2) is 6.07. The molecule has 96 valence electrons. The van der Waals surface area contributed by atoms with E-state index in [0.29, 0.717) is 6.54 Å². The van der Waals surface area contributed by atoms with Crippen LogP contribution in [0, 0.1) is 0 Å². The average Bonchev–Trinajstić information content (AvgIpc) is 2.92. The van der Waals surface area contributed by atoms with Gasteiger partial charge in [0, 0.05) is 30.5 Å². The van der Waals surface area contributed by atoms with Crippen LogP contribution >= 0.6 is 0 Å². The predicted octanol–water partition coefficient (Wildman–Crippen LogP) is 1.72. The second-order valence-corrected chi connectivity index (χ2v) is 3.86. The number of benzene rings is 1. The van der Waals surface area contributed by atoms with Crippen molar-refractivity contribution in [3.8, 4) is 11.5 Å². The summed E-state index contributed by atoms with van der Waals surface area (Å²) in [5.74, 6) is 1.68. The highest BCUT2D eigenvalue weighted by Gasteiger charge is 2.04. The summed E-state index contributed by atoms with van der Waals surface area (Å²) in [5, 5.41) is 10.1. The summed E-state index contributed by atoms with van der Waals surface area (Å²) < 4.78 is 10.5. The molecule has 1 aromatic heterocycles. The molecule has 0 aliphatic rings. The first kappa shape index (κ1) is 12.4. The van der Waals surface area contributed by atoms with E-state index in [2.05, 4.69) is 15.5 Å². The van der Waals surface area contributed by atoms with Crippen molar-refractivity contribution >= 4 is 0 Å². The van der Waals surface area contributed by atoms with Gasteiger partial charge >= 0.3 is 0 Å². The Labute approximate surface area is 106 Å². The second-order valence-electron chi connectivity index (χ2n) is 3.86. The zero-order valence-corrected chi connectivity index (χ0v) is 10.6. The quantitative estimate of drug-likeness (QED) is 0.816. The number of hydrogen-bond donors (Lipinski definition) is 2. The van der Waals surface area contributed by atoms with Crippen molar-refractivity contribution in [2.45, 2.75) is 13.1 Å². The smallest absolute Gasteiger partial charge is 0.123 e. The Bertz CT molecular complexity index is 483. The summed E-state index contributed by atoms with van der Waals surface area (Å²) in [5.41, 5.74) is 2.12. The summed E-state index contributed by atoms with van der Waals surface area (Å²) in [4.78, 5) is 0. The number of aromatic nitrogens is 2. The van der Waals surface area contributed by atoms with Gasteiger partial charge in [0.1, 0.15) is 11.5 Å². The number of nitrogens with zero attached hydrogens (tertiary/aromatic N) is 1. The van der Waals surface area contributed by atoms with Crippen LogP contribution in [0.4, 0.5) is 0 Å². The lowest BCUT2D eigenvalue weighted by atomic mass is 10.2. The lowest BCUT2D eigenvalue weighted by Gasteiger charge is -2.11. The normalized spacial score (nSPS) is 10.3. The Balaban J connectivity index is 1.98. The molecule has 18 heavy (non-hydrogen) atoms. The van der Waals surface area contributed by atoms with E-state index in [4.69, 9.17) is 9.47 Å². The molecular formula is C13H17N3O2. The topological polar surface area (TPSA) is 59.2 Å². The predicted molar refractivity (Wildman–Crippen MR) is 68.7 cm³/mol. The van der Waals surface area contributed by atoms with Gasteiger partial charge in [-0.15, -0.1) is 0 Å². The van der Waals surface area contributed by atoms with E-state index >= 15 is 0 Å². The van der Waals surface area contributed by atoms with Crippen molar-refractivity contribution in [1.29, 1.82) is 0 Å². The molecule has 0 amide bonds. The van der Waals surface area contributed by atoms with Gasteiger partial charge in [-0.2, -0.15) is 5.10 Å². The van der Waals surface area contributed by atoms with Crippen LogP contribution in [0.5, 0.6) is 11.5 Å². The third-order valence-electron chi connectivity index (χ3n) is 2.68. The molecule has 5 nitrogen and oxygen atoms in total. The average molecular weight is 247 g/mol. The minimum absolute atomic E-state index is 0.708.